The van der Waals surface area contributed by atoms with Gasteiger partial charge in [-0.25, -0.2) is 13.6 Å². The lowest BCUT2D eigenvalue weighted by Crippen LogP contribution is -2.19. The van der Waals surface area contributed by atoms with Crippen molar-refractivity contribution in [3.8, 4) is 0 Å². The molecule has 0 radical (unpaired) electrons. The molecule has 1 heterocycles. The van der Waals surface area contributed by atoms with Crippen LogP contribution >= 0.6 is 22.6 Å². The molecular weight excluding hydrogens is 323 g/mol. The average molecular weight is 329 g/mol. The Hall–Kier alpha value is -0.990. The Bertz CT molecular complexity index is 444. The molecule has 0 saturated heterocycles. The number of carbonyl (C=O) groups is 1. The number of methoxy groups -OCH3 is 1. The Morgan fingerprint density at radius 1 is 1.60 bits per heavy atom. The van der Waals surface area contributed by atoms with E-state index in [2.05, 4.69) is 9.72 Å². The van der Waals surface area contributed by atoms with E-state index >= 15 is 0 Å². The summed E-state index contributed by atoms with van der Waals surface area (Å²) >= 11 is 1.67. The zero-order valence-electron chi connectivity index (χ0n) is 7.51. The monoisotopic (exact) mass is 329 g/mol. The van der Waals surface area contributed by atoms with Crippen LogP contribution in [0.3, 0.4) is 0 Å². The molecule has 0 aliphatic carbocycles. The van der Waals surface area contributed by atoms with Gasteiger partial charge in [-0.15, -0.1) is 0 Å². The first-order valence-electron chi connectivity index (χ1n) is 3.76. The van der Waals surface area contributed by atoms with Gasteiger partial charge < -0.3 is 9.72 Å². The Morgan fingerprint density at radius 3 is 2.67 bits per heavy atom. The number of esters is 1. The Kier molecular flexibility index (Phi) is 3.77. The van der Waals surface area contributed by atoms with Gasteiger partial charge in [-0.2, -0.15) is 0 Å². The fourth-order valence-electron chi connectivity index (χ4n) is 0.932. The normalized spacial score (nSPS) is 10.5. The standard InChI is InChI=1S/C8H6F2INO3/c1-15-8(14)5-4(11)2-3(6(9)10)7(13)12-5/h2,6H,1H3,(H,12,13). The van der Waals surface area contributed by atoms with E-state index in [1.165, 1.54) is 0 Å². The van der Waals surface area contributed by atoms with Crippen molar-refractivity contribution >= 4 is 28.6 Å². The summed E-state index contributed by atoms with van der Waals surface area (Å²) in [5.41, 5.74) is -1.76. The van der Waals surface area contributed by atoms with E-state index in [1.54, 1.807) is 22.6 Å². The second-order valence-corrected chi connectivity index (χ2v) is 3.73. The molecule has 1 aromatic heterocycles. The summed E-state index contributed by atoms with van der Waals surface area (Å²) < 4.78 is 29.2. The number of aromatic amines is 1. The molecule has 0 saturated carbocycles. The van der Waals surface area contributed by atoms with Crippen molar-refractivity contribution in [1.29, 1.82) is 0 Å². The fraction of sp³-hybridized carbons (Fsp3) is 0.250. The molecule has 0 spiro atoms. The fourth-order valence-corrected chi connectivity index (χ4v) is 1.62. The van der Waals surface area contributed by atoms with Crippen LogP contribution in [0.2, 0.25) is 0 Å². The number of H-pyrrole nitrogens is 1. The highest BCUT2D eigenvalue weighted by atomic mass is 127. The number of hydrogen-bond acceptors (Lipinski definition) is 3. The quantitative estimate of drug-likeness (QED) is 0.664. The van der Waals surface area contributed by atoms with E-state index in [0.717, 1.165) is 13.2 Å². The molecule has 7 heteroatoms. The predicted molar refractivity (Wildman–Crippen MR) is 56.1 cm³/mol. The maximum absolute atomic E-state index is 12.3. The Balaban J connectivity index is 3.32. The summed E-state index contributed by atoms with van der Waals surface area (Å²) in [6.45, 7) is 0. The Labute approximate surface area is 96.8 Å². The third-order valence-electron chi connectivity index (χ3n) is 1.65. The van der Waals surface area contributed by atoms with Crippen LogP contribution < -0.4 is 5.56 Å². The number of carbonyl (C=O) groups excluding carboxylic acids is 1. The minimum Gasteiger partial charge on any atom is -0.464 e. The molecule has 0 unspecified atom stereocenters. The van der Waals surface area contributed by atoms with Crippen LogP contribution in [0.4, 0.5) is 8.78 Å². The molecule has 0 bridgehead atoms. The SMILES string of the molecule is COC(=O)c1[nH]c(=O)c(C(F)F)cc1I. The van der Waals surface area contributed by atoms with Crippen molar-refractivity contribution in [3.05, 3.63) is 31.2 Å². The first-order valence-corrected chi connectivity index (χ1v) is 4.84. The zero-order chi connectivity index (χ0) is 11.6. The topological polar surface area (TPSA) is 59.2 Å². The number of halogens is 3. The molecule has 0 aliphatic rings. The van der Waals surface area contributed by atoms with E-state index in [0.29, 0.717) is 0 Å². The van der Waals surface area contributed by atoms with Gasteiger partial charge in [0, 0.05) is 3.57 Å². The van der Waals surface area contributed by atoms with Gasteiger partial charge in [0.2, 0.25) is 0 Å². The van der Waals surface area contributed by atoms with Crippen molar-refractivity contribution in [2.75, 3.05) is 7.11 Å². The lowest BCUT2D eigenvalue weighted by atomic mass is 10.2. The summed E-state index contributed by atoms with van der Waals surface area (Å²) in [5, 5.41) is 0. The van der Waals surface area contributed by atoms with Gasteiger partial charge in [-0.3, -0.25) is 4.79 Å². The molecule has 0 atom stereocenters. The minimum absolute atomic E-state index is 0.118. The van der Waals surface area contributed by atoms with Crippen LogP contribution in [0, 0.1) is 3.57 Å². The smallest absolute Gasteiger partial charge is 0.355 e. The second kappa shape index (κ2) is 4.69. The molecule has 0 aromatic carbocycles. The number of aromatic nitrogens is 1. The lowest BCUT2D eigenvalue weighted by molar-refractivity contribution is 0.0591. The summed E-state index contributed by atoms with van der Waals surface area (Å²) in [6, 6.07) is 0.969. The summed E-state index contributed by atoms with van der Waals surface area (Å²) in [7, 11) is 1.14. The number of pyridine rings is 1. The highest BCUT2D eigenvalue weighted by Crippen LogP contribution is 2.18. The number of nitrogens with one attached hydrogen (secondary N) is 1. The molecule has 82 valence electrons. The van der Waals surface area contributed by atoms with E-state index in [9.17, 15) is 18.4 Å². The molecule has 0 fully saturated rings. The van der Waals surface area contributed by atoms with Gasteiger partial charge in [-0.1, -0.05) is 0 Å². The van der Waals surface area contributed by atoms with E-state index in [1.807, 2.05) is 0 Å². The first-order chi connectivity index (χ1) is 6.97. The van der Waals surface area contributed by atoms with Crippen LogP contribution in [0.1, 0.15) is 22.5 Å². The summed E-state index contributed by atoms with van der Waals surface area (Å²) in [5.74, 6) is -0.766. The number of ether oxygens (including phenoxy) is 1. The molecule has 1 rings (SSSR count). The molecule has 1 N–H and O–H groups in total. The summed E-state index contributed by atoms with van der Waals surface area (Å²) in [4.78, 5) is 24.2. The Morgan fingerprint density at radius 2 is 2.20 bits per heavy atom. The van der Waals surface area contributed by atoms with Gasteiger partial charge in [-0.05, 0) is 28.7 Å². The molecule has 4 nitrogen and oxygen atoms in total. The van der Waals surface area contributed by atoms with Crippen LogP contribution in [-0.4, -0.2) is 18.1 Å². The summed E-state index contributed by atoms with van der Waals surface area (Å²) in [6.07, 6.45) is -2.87. The maximum Gasteiger partial charge on any atom is 0.355 e. The van der Waals surface area contributed by atoms with Gasteiger partial charge in [0.15, 0.2) is 0 Å². The van der Waals surface area contributed by atoms with Crippen LogP contribution in [0.15, 0.2) is 10.9 Å². The predicted octanol–water partition coefficient (Wildman–Crippen LogP) is 1.70. The van der Waals surface area contributed by atoms with E-state index < -0.39 is 23.5 Å². The van der Waals surface area contributed by atoms with Crippen molar-refractivity contribution in [3.63, 3.8) is 0 Å². The highest BCUT2D eigenvalue weighted by Gasteiger charge is 2.18. The van der Waals surface area contributed by atoms with Gasteiger partial charge in [0.25, 0.3) is 12.0 Å². The van der Waals surface area contributed by atoms with Crippen molar-refractivity contribution < 1.29 is 18.3 Å². The third kappa shape index (κ3) is 2.52. The number of alkyl halides is 2. The van der Waals surface area contributed by atoms with Crippen molar-refractivity contribution in [2.24, 2.45) is 0 Å². The van der Waals surface area contributed by atoms with Gasteiger partial charge in [0.1, 0.15) is 5.69 Å². The average Bonchev–Trinajstić information content (AvgIpc) is 2.19. The van der Waals surface area contributed by atoms with E-state index in [-0.39, 0.29) is 9.26 Å². The van der Waals surface area contributed by atoms with Crippen LogP contribution in [0.25, 0.3) is 0 Å². The second-order valence-electron chi connectivity index (χ2n) is 2.57. The van der Waals surface area contributed by atoms with Crippen LogP contribution in [-0.2, 0) is 4.74 Å². The molecule has 0 amide bonds. The first kappa shape index (κ1) is 12.1. The zero-order valence-corrected chi connectivity index (χ0v) is 9.67. The molecule has 15 heavy (non-hydrogen) atoms. The largest absolute Gasteiger partial charge is 0.464 e. The maximum atomic E-state index is 12.3. The highest BCUT2D eigenvalue weighted by molar-refractivity contribution is 14.1. The molecule has 0 aliphatic heterocycles. The van der Waals surface area contributed by atoms with Crippen molar-refractivity contribution in [2.45, 2.75) is 6.43 Å². The molecular formula is C8H6F2INO3. The van der Waals surface area contributed by atoms with Gasteiger partial charge >= 0.3 is 5.97 Å². The van der Waals surface area contributed by atoms with E-state index in [4.69, 9.17) is 0 Å². The van der Waals surface area contributed by atoms with Crippen molar-refractivity contribution in [1.82, 2.24) is 4.98 Å². The van der Waals surface area contributed by atoms with Crippen LogP contribution in [0.5, 0.6) is 0 Å². The number of rotatable bonds is 2. The lowest BCUT2D eigenvalue weighted by Gasteiger charge is -2.04. The third-order valence-corrected chi connectivity index (χ3v) is 2.50. The van der Waals surface area contributed by atoms with Gasteiger partial charge in [0.05, 0.1) is 12.7 Å². The number of hydrogen-bond donors (Lipinski definition) is 1. The minimum atomic E-state index is -2.87. The molecule has 1 aromatic rings.